The number of pyridine rings is 1. The fraction of sp³-hybridized carbons (Fsp3) is 0.200. The molecule has 3 rings (SSSR count). The minimum atomic E-state index is -0.516. The van der Waals surface area contributed by atoms with Gasteiger partial charge < -0.3 is 11.1 Å². The summed E-state index contributed by atoms with van der Waals surface area (Å²) >= 11 is 0. The van der Waals surface area contributed by atoms with Crippen molar-refractivity contribution in [2.45, 2.75) is 18.9 Å². The number of hydrogen-bond donors (Lipinski definition) is 2. The number of nitrogens with zero attached hydrogens (tertiary/aromatic N) is 1. The van der Waals surface area contributed by atoms with E-state index in [4.69, 9.17) is 5.73 Å². The first-order valence-corrected chi connectivity index (χ1v) is 6.44. The molecule has 1 atom stereocenters. The molecule has 0 spiro atoms. The first-order chi connectivity index (χ1) is 9.65. The van der Waals surface area contributed by atoms with Crippen molar-refractivity contribution in [1.82, 2.24) is 4.98 Å². The molecule has 4 nitrogen and oxygen atoms in total. The highest BCUT2D eigenvalue weighted by Gasteiger charge is 2.23. The summed E-state index contributed by atoms with van der Waals surface area (Å²) < 4.78 is 13.2. The molecule has 1 heterocycles. The molecule has 3 N–H and O–H groups in total. The summed E-state index contributed by atoms with van der Waals surface area (Å²) in [4.78, 5) is 15.3. The van der Waals surface area contributed by atoms with Crippen LogP contribution in [0, 0.1) is 5.82 Å². The van der Waals surface area contributed by atoms with E-state index in [9.17, 15) is 9.18 Å². The lowest BCUT2D eigenvalue weighted by Crippen LogP contribution is -2.16. The molecule has 20 heavy (non-hydrogen) atoms. The third-order valence-electron chi connectivity index (χ3n) is 3.60. The van der Waals surface area contributed by atoms with Crippen LogP contribution in [0.5, 0.6) is 0 Å². The topological polar surface area (TPSA) is 68.0 Å². The number of nitrogens with one attached hydrogen (secondary N) is 1. The number of anilines is 1. The number of carbonyl (C=O) groups excluding carboxylic acids is 1. The van der Waals surface area contributed by atoms with E-state index in [0.717, 1.165) is 24.0 Å². The van der Waals surface area contributed by atoms with Gasteiger partial charge in [-0.2, -0.15) is 0 Å². The van der Waals surface area contributed by atoms with E-state index >= 15 is 0 Å². The summed E-state index contributed by atoms with van der Waals surface area (Å²) in [5, 5.41) is 3.30. The van der Waals surface area contributed by atoms with Crippen molar-refractivity contribution in [2.75, 3.05) is 5.32 Å². The first kappa shape index (κ1) is 12.6. The Morgan fingerprint density at radius 2 is 2.25 bits per heavy atom. The van der Waals surface area contributed by atoms with Crippen LogP contribution in [0.3, 0.4) is 0 Å². The van der Waals surface area contributed by atoms with Crippen molar-refractivity contribution in [3.63, 3.8) is 0 Å². The molecule has 0 bridgehead atoms. The van der Waals surface area contributed by atoms with Gasteiger partial charge in [0.2, 0.25) is 0 Å². The highest BCUT2D eigenvalue weighted by atomic mass is 19.1. The number of amides is 1. The minimum Gasteiger partial charge on any atom is -0.377 e. The maximum absolute atomic E-state index is 13.2. The van der Waals surface area contributed by atoms with Gasteiger partial charge in [0.15, 0.2) is 0 Å². The first-order valence-electron chi connectivity index (χ1n) is 6.44. The van der Waals surface area contributed by atoms with Crippen LogP contribution in [0.1, 0.15) is 33.9 Å². The van der Waals surface area contributed by atoms with Crippen molar-refractivity contribution < 1.29 is 9.18 Å². The van der Waals surface area contributed by atoms with E-state index in [1.165, 1.54) is 12.3 Å². The third-order valence-corrected chi connectivity index (χ3v) is 3.60. The zero-order valence-corrected chi connectivity index (χ0v) is 10.8. The maximum Gasteiger partial charge on any atom is 0.252 e. The molecule has 0 saturated heterocycles. The Kier molecular flexibility index (Phi) is 3.10. The predicted molar refractivity (Wildman–Crippen MR) is 73.8 cm³/mol. The van der Waals surface area contributed by atoms with Crippen LogP contribution in [0.4, 0.5) is 10.1 Å². The fourth-order valence-corrected chi connectivity index (χ4v) is 2.64. The molecular formula is C15H14FN3O. The standard InChI is InChI=1S/C15H14FN3O/c16-10-2-3-11-9(7-10)1-4-13(11)19-14-5-6-18-8-12(14)15(17)20/h2-3,5-8,13H,1,4H2,(H2,17,20)(H,18,19). The van der Waals surface area contributed by atoms with E-state index in [1.54, 1.807) is 24.4 Å². The van der Waals surface area contributed by atoms with E-state index in [2.05, 4.69) is 10.3 Å². The average Bonchev–Trinajstić information content (AvgIpc) is 2.81. The number of carbonyl (C=O) groups is 1. The van der Waals surface area contributed by atoms with Gasteiger partial charge in [-0.25, -0.2) is 4.39 Å². The van der Waals surface area contributed by atoms with Crippen LogP contribution >= 0.6 is 0 Å². The van der Waals surface area contributed by atoms with E-state index in [1.807, 2.05) is 0 Å². The van der Waals surface area contributed by atoms with Gasteiger partial charge in [0.1, 0.15) is 5.82 Å². The lowest BCUT2D eigenvalue weighted by Gasteiger charge is -2.17. The van der Waals surface area contributed by atoms with Crippen molar-refractivity contribution in [3.8, 4) is 0 Å². The van der Waals surface area contributed by atoms with Crippen LogP contribution in [0.2, 0.25) is 0 Å². The van der Waals surface area contributed by atoms with Crippen LogP contribution in [0.25, 0.3) is 0 Å². The number of aryl methyl sites for hydroxylation is 1. The summed E-state index contributed by atoms with van der Waals surface area (Å²) in [6.45, 7) is 0. The molecular weight excluding hydrogens is 257 g/mol. The quantitative estimate of drug-likeness (QED) is 0.900. The van der Waals surface area contributed by atoms with Crippen LogP contribution in [0.15, 0.2) is 36.7 Å². The van der Waals surface area contributed by atoms with Gasteiger partial charge in [-0.1, -0.05) is 6.07 Å². The average molecular weight is 271 g/mol. The normalized spacial score (nSPS) is 16.8. The lowest BCUT2D eigenvalue weighted by atomic mass is 10.1. The Hall–Kier alpha value is -2.43. The smallest absolute Gasteiger partial charge is 0.252 e. The summed E-state index contributed by atoms with van der Waals surface area (Å²) in [5.41, 5.74) is 8.44. The summed E-state index contributed by atoms with van der Waals surface area (Å²) in [7, 11) is 0. The number of halogens is 1. The zero-order valence-electron chi connectivity index (χ0n) is 10.8. The fourth-order valence-electron chi connectivity index (χ4n) is 2.64. The molecule has 0 saturated carbocycles. The molecule has 0 radical (unpaired) electrons. The van der Waals surface area contributed by atoms with Gasteiger partial charge in [0.25, 0.3) is 5.91 Å². The van der Waals surface area contributed by atoms with Crippen molar-refractivity contribution in [1.29, 1.82) is 0 Å². The summed E-state index contributed by atoms with van der Waals surface area (Å²) in [6, 6.07) is 6.60. The highest BCUT2D eigenvalue weighted by molar-refractivity contribution is 5.98. The molecule has 1 unspecified atom stereocenters. The van der Waals surface area contributed by atoms with E-state index in [-0.39, 0.29) is 11.9 Å². The number of primary amides is 1. The Morgan fingerprint density at radius 1 is 1.40 bits per heavy atom. The van der Waals surface area contributed by atoms with Gasteiger partial charge in [-0.3, -0.25) is 9.78 Å². The number of fused-ring (bicyclic) bond motifs is 1. The molecule has 102 valence electrons. The molecule has 0 fully saturated rings. The van der Waals surface area contributed by atoms with Crippen LogP contribution in [-0.2, 0) is 6.42 Å². The molecule has 2 aromatic rings. The second kappa shape index (κ2) is 4.92. The molecule has 0 aliphatic heterocycles. The largest absolute Gasteiger partial charge is 0.377 e. The number of aromatic nitrogens is 1. The lowest BCUT2D eigenvalue weighted by molar-refractivity contribution is 0.100. The van der Waals surface area contributed by atoms with Gasteiger partial charge in [0, 0.05) is 12.4 Å². The van der Waals surface area contributed by atoms with E-state index in [0.29, 0.717) is 11.3 Å². The summed E-state index contributed by atoms with van der Waals surface area (Å²) in [6.07, 6.45) is 4.74. The number of hydrogen-bond acceptors (Lipinski definition) is 3. The maximum atomic E-state index is 13.2. The second-order valence-electron chi connectivity index (χ2n) is 4.86. The number of benzene rings is 1. The van der Waals surface area contributed by atoms with Crippen LogP contribution in [-0.4, -0.2) is 10.9 Å². The molecule has 1 aromatic heterocycles. The Labute approximate surface area is 115 Å². The molecule has 5 heteroatoms. The third kappa shape index (κ3) is 2.22. The van der Waals surface area contributed by atoms with Gasteiger partial charge >= 0.3 is 0 Å². The van der Waals surface area contributed by atoms with Gasteiger partial charge in [0.05, 0.1) is 17.3 Å². The van der Waals surface area contributed by atoms with Gasteiger partial charge in [-0.15, -0.1) is 0 Å². The van der Waals surface area contributed by atoms with E-state index < -0.39 is 5.91 Å². The van der Waals surface area contributed by atoms with Crippen LogP contribution < -0.4 is 11.1 Å². The monoisotopic (exact) mass is 271 g/mol. The number of nitrogens with two attached hydrogens (primary N) is 1. The van der Waals surface area contributed by atoms with Crippen molar-refractivity contribution in [3.05, 3.63) is 59.2 Å². The highest BCUT2D eigenvalue weighted by Crippen LogP contribution is 2.34. The second-order valence-corrected chi connectivity index (χ2v) is 4.86. The molecule has 1 aromatic carbocycles. The summed E-state index contributed by atoms with van der Waals surface area (Å²) in [5.74, 6) is -0.732. The minimum absolute atomic E-state index is 0.0612. The van der Waals surface area contributed by atoms with Crippen molar-refractivity contribution >= 4 is 11.6 Å². The Balaban J connectivity index is 1.90. The molecule has 1 aliphatic carbocycles. The molecule has 1 amide bonds. The Bertz CT molecular complexity index is 672. The molecule has 1 aliphatic rings. The number of rotatable bonds is 3. The zero-order chi connectivity index (χ0) is 14.1. The SMILES string of the molecule is NC(=O)c1cnccc1NC1CCc2cc(F)ccc21. The van der Waals surface area contributed by atoms with Gasteiger partial charge in [-0.05, 0) is 42.2 Å². The van der Waals surface area contributed by atoms with Crippen molar-refractivity contribution in [2.24, 2.45) is 5.73 Å². The Morgan fingerprint density at radius 3 is 3.05 bits per heavy atom. The predicted octanol–water partition coefficient (Wildman–Crippen LogP) is 2.42.